The molecule has 114 valence electrons. The molecule has 2 aromatic carbocycles. The minimum atomic E-state index is -3.50. The fraction of sp³-hybridized carbons (Fsp3) is 0.294. The van der Waals surface area contributed by atoms with E-state index in [1.54, 1.807) is 28.6 Å². The van der Waals surface area contributed by atoms with Crippen molar-refractivity contribution < 1.29 is 8.42 Å². The van der Waals surface area contributed by atoms with Gasteiger partial charge in [-0.25, -0.2) is 8.42 Å². The van der Waals surface area contributed by atoms with E-state index in [4.69, 9.17) is 0 Å². The number of anilines is 2. The molecule has 1 heterocycles. The van der Waals surface area contributed by atoms with Crippen molar-refractivity contribution in [1.29, 1.82) is 0 Å². The molecule has 22 heavy (non-hydrogen) atoms. The Morgan fingerprint density at radius 1 is 0.818 bits per heavy atom. The van der Waals surface area contributed by atoms with E-state index in [9.17, 15) is 8.42 Å². The molecule has 5 heteroatoms. The number of hydrogen-bond acceptors (Lipinski definition) is 3. The molecule has 4 nitrogen and oxygen atoms in total. The monoisotopic (exact) mass is 314 g/mol. The largest absolute Gasteiger partial charge is 0.365 e. The number of nitrogens with zero attached hydrogens (tertiary/aromatic N) is 2. The highest BCUT2D eigenvalue weighted by molar-refractivity contribution is 7.92. The molecule has 1 saturated carbocycles. The fourth-order valence-electron chi connectivity index (χ4n) is 3.09. The SMILES string of the molecule is O=S(=O)(c1ccccc1)N1CCN(C2CC2)c2ccccc21. The second-order valence-electron chi connectivity index (χ2n) is 5.80. The summed E-state index contributed by atoms with van der Waals surface area (Å²) in [5.41, 5.74) is 1.83. The highest BCUT2D eigenvalue weighted by atomic mass is 32.2. The highest BCUT2D eigenvalue weighted by Crippen LogP contribution is 2.41. The van der Waals surface area contributed by atoms with Crippen molar-refractivity contribution in [1.82, 2.24) is 0 Å². The van der Waals surface area contributed by atoms with Crippen LogP contribution in [-0.2, 0) is 10.0 Å². The van der Waals surface area contributed by atoms with E-state index in [1.807, 2.05) is 30.3 Å². The summed E-state index contributed by atoms with van der Waals surface area (Å²) in [4.78, 5) is 2.71. The first kappa shape index (κ1) is 13.6. The molecular weight excluding hydrogens is 296 g/mol. The minimum Gasteiger partial charge on any atom is -0.365 e. The van der Waals surface area contributed by atoms with Gasteiger partial charge < -0.3 is 4.90 Å². The minimum absolute atomic E-state index is 0.352. The molecule has 2 aliphatic rings. The third kappa shape index (κ3) is 2.16. The van der Waals surface area contributed by atoms with Gasteiger partial charge in [-0.05, 0) is 37.1 Å². The van der Waals surface area contributed by atoms with Crippen molar-refractivity contribution in [3.8, 4) is 0 Å². The van der Waals surface area contributed by atoms with E-state index in [1.165, 1.54) is 12.8 Å². The van der Waals surface area contributed by atoms with Gasteiger partial charge in [0.1, 0.15) is 0 Å². The predicted octanol–water partition coefficient (Wildman–Crippen LogP) is 2.86. The first-order chi connectivity index (χ1) is 10.7. The van der Waals surface area contributed by atoms with E-state index in [0.29, 0.717) is 17.5 Å². The number of rotatable bonds is 3. The summed E-state index contributed by atoms with van der Waals surface area (Å²) >= 11 is 0. The Morgan fingerprint density at radius 3 is 2.14 bits per heavy atom. The van der Waals surface area contributed by atoms with Gasteiger partial charge in [-0.3, -0.25) is 4.31 Å². The van der Waals surface area contributed by atoms with Crippen molar-refractivity contribution >= 4 is 21.4 Å². The van der Waals surface area contributed by atoms with Crippen LogP contribution in [0.2, 0.25) is 0 Å². The number of fused-ring (bicyclic) bond motifs is 1. The van der Waals surface area contributed by atoms with Crippen LogP contribution in [0.1, 0.15) is 12.8 Å². The second-order valence-corrected chi connectivity index (χ2v) is 7.67. The molecule has 0 radical (unpaired) electrons. The summed E-state index contributed by atoms with van der Waals surface area (Å²) in [6, 6.07) is 17.1. The Bertz CT molecular complexity index is 785. The molecule has 0 spiro atoms. The molecule has 0 amide bonds. The summed E-state index contributed by atoms with van der Waals surface area (Å²) in [6.07, 6.45) is 2.42. The molecule has 1 aliphatic carbocycles. The van der Waals surface area contributed by atoms with Crippen LogP contribution in [0.4, 0.5) is 11.4 Å². The summed E-state index contributed by atoms with van der Waals surface area (Å²) in [5.74, 6) is 0. The van der Waals surface area contributed by atoms with Gasteiger partial charge in [0, 0.05) is 12.6 Å². The number of para-hydroxylation sites is 2. The zero-order valence-corrected chi connectivity index (χ0v) is 13.0. The van der Waals surface area contributed by atoms with Crippen LogP contribution >= 0.6 is 0 Å². The van der Waals surface area contributed by atoms with Gasteiger partial charge in [0.15, 0.2) is 0 Å². The lowest BCUT2D eigenvalue weighted by Crippen LogP contribution is -2.44. The van der Waals surface area contributed by atoms with E-state index in [2.05, 4.69) is 4.90 Å². The van der Waals surface area contributed by atoms with Crippen LogP contribution in [0.15, 0.2) is 59.5 Å². The van der Waals surface area contributed by atoms with Crippen molar-refractivity contribution in [2.75, 3.05) is 22.3 Å². The predicted molar refractivity (Wildman–Crippen MR) is 87.8 cm³/mol. The molecule has 0 unspecified atom stereocenters. The smallest absolute Gasteiger partial charge is 0.264 e. The molecule has 0 N–H and O–H groups in total. The van der Waals surface area contributed by atoms with E-state index < -0.39 is 10.0 Å². The summed E-state index contributed by atoms with van der Waals surface area (Å²) < 4.78 is 27.5. The van der Waals surface area contributed by atoms with Crippen molar-refractivity contribution in [3.63, 3.8) is 0 Å². The molecule has 0 atom stereocenters. The third-order valence-electron chi connectivity index (χ3n) is 4.32. The maximum Gasteiger partial charge on any atom is 0.264 e. The van der Waals surface area contributed by atoms with Gasteiger partial charge in [0.25, 0.3) is 10.0 Å². The van der Waals surface area contributed by atoms with Gasteiger partial charge in [-0.1, -0.05) is 30.3 Å². The van der Waals surface area contributed by atoms with Crippen LogP contribution in [-0.4, -0.2) is 27.5 Å². The van der Waals surface area contributed by atoms with Gasteiger partial charge in [0.2, 0.25) is 0 Å². The Labute approximate surface area is 131 Å². The third-order valence-corrected chi connectivity index (χ3v) is 6.15. The topological polar surface area (TPSA) is 40.6 Å². The highest BCUT2D eigenvalue weighted by Gasteiger charge is 2.37. The van der Waals surface area contributed by atoms with Crippen LogP contribution in [0.5, 0.6) is 0 Å². The Kier molecular flexibility index (Phi) is 3.11. The first-order valence-corrected chi connectivity index (χ1v) is 9.05. The number of hydrogen-bond donors (Lipinski definition) is 0. The Hall–Kier alpha value is -2.01. The lowest BCUT2D eigenvalue weighted by Gasteiger charge is -2.38. The zero-order valence-electron chi connectivity index (χ0n) is 12.2. The maximum absolute atomic E-state index is 12.9. The van der Waals surface area contributed by atoms with Gasteiger partial charge in [0.05, 0.1) is 22.8 Å². The number of benzene rings is 2. The van der Waals surface area contributed by atoms with Crippen LogP contribution in [0.3, 0.4) is 0 Å². The second kappa shape index (κ2) is 5.02. The molecule has 4 rings (SSSR count). The lowest BCUT2D eigenvalue weighted by molar-refractivity contribution is 0.588. The molecule has 2 aromatic rings. The van der Waals surface area contributed by atoms with E-state index in [0.717, 1.165) is 17.9 Å². The van der Waals surface area contributed by atoms with Crippen LogP contribution in [0, 0.1) is 0 Å². The average Bonchev–Trinajstić information content (AvgIpc) is 3.39. The molecular formula is C17H18N2O2S. The van der Waals surface area contributed by atoms with Gasteiger partial charge in [-0.15, -0.1) is 0 Å². The van der Waals surface area contributed by atoms with Gasteiger partial charge in [-0.2, -0.15) is 0 Å². The zero-order chi connectivity index (χ0) is 15.2. The molecule has 1 aliphatic heterocycles. The molecule has 0 saturated heterocycles. The summed E-state index contributed by atoms with van der Waals surface area (Å²) in [7, 11) is -3.50. The van der Waals surface area contributed by atoms with E-state index in [-0.39, 0.29) is 0 Å². The Balaban J connectivity index is 1.78. The molecule has 0 bridgehead atoms. The van der Waals surface area contributed by atoms with Crippen LogP contribution < -0.4 is 9.21 Å². The fourth-order valence-corrected chi connectivity index (χ4v) is 4.58. The normalized spacial score (nSPS) is 18.2. The Morgan fingerprint density at radius 2 is 1.45 bits per heavy atom. The van der Waals surface area contributed by atoms with Crippen molar-refractivity contribution in [3.05, 3.63) is 54.6 Å². The molecule has 1 fully saturated rings. The molecule has 0 aromatic heterocycles. The van der Waals surface area contributed by atoms with Gasteiger partial charge >= 0.3 is 0 Å². The summed E-state index contributed by atoms with van der Waals surface area (Å²) in [5, 5.41) is 0. The van der Waals surface area contributed by atoms with E-state index >= 15 is 0 Å². The average molecular weight is 314 g/mol. The number of sulfonamides is 1. The lowest BCUT2D eigenvalue weighted by atomic mass is 10.2. The van der Waals surface area contributed by atoms with Crippen LogP contribution in [0.25, 0.3) is 0 Å². The van der Waals surface area contributed by atoms with Crippen molar-refractivity contribution in [2.45, 2.75) is 23.8 Å². The maximum atomic E-state index is 12.9. The summed E-state index contributed by atoms with van der Waals surface area (Å²) in [6.45, 7) is 1.26. The quantitative estimate of drug-likeness (QED) is 0.874. The van der Waals surface area contributed by atoms with Crippen molar-refractivity contribution in [2.24, 2.45) is 0 Å². The first-order valence-electron chi connectivity index (χ1n) is 7.61. The standard InChI is InChI=1S/C17H18N2O2S/c20-22(21,15-6-2-1-3-7-15)19-13-12-18(14-10-11-14)16-8-4-5-9-17(16)19/h1-9,14H,10-13H2.